The van der Waals surface area contributed by atoms with Crippen LogP contribution in [0.5, 0.6) is 0 Å². The van der Waals surface area contributed by atoms with Crippen molar-refractivity contribution in [3.63, 3.8) is 0 Å². The number of rotatable bonds is 5. The van der Waals surface area contributed by atoms with E-state index in [0.29, 0.717) is 10.8 Å². The topological polar surface area (TPSA) is 54.9 Å². The van der Waals surface area contributed by atoms with E-state index >= 15 is 0 Å². The summed E-state index contributed by atoms with van der Waals surface area (Å²) < 4.78 is 0. The van der Waals surface area contributed by atoms with Gasteiger partial charge in [0.25, 0.3) is 0 Å². The summed E-state index contributed by atoms with van der Waals surface area (Å²) in [5.41, 5.74) is 2.18. The second-order valence-corrected chi connectivity index (χ2v) is 8.78. The van der Waals surface area contributed by atoms with Gasteiger partial charge in [0, 0.05) is 15.3 Å². The lowest BCUT2D eigenvalue weighted by Crippen LogP contribution is -2.28. The van der Waals surface area contributed by atoms with Crippen LogP contribution >= 0.6 is 34.7 Å². The highest BCUT2D eigenvalue weighted by Gasteiger charge is 2.16. The second-order valence-electron chi connectivity index (χ2n) is 6.17. The number of halogens is 1. The van der Waals surface area contributed by atoms with Crippen molar-refractivity contribution >= 4 is 50.8 Å². The Morgan fingerprint density at radius 1 is 1.31 bits per heavy atom. The van der Waals surface area contributed by atoms with Crippen LogP contribution in [0.2, 0.25) is 5.02 Å². The van der Waals surface area contributed by atoms with E-state index in [1.165, 1.54) is 22.2 Å². The molecule has 3 rings (SSSR count). The van der Waals surface area contributed by atoms with Gasteiger partial charge < -0.3 is 5.32 Å². The van der Waals surface area contributed by atoms with E-state index in [4.69, 9.17) is 11.6 Å². The van der Waals surface area contributed by atoms with Gasteiger partial charge in [-0.2, -0.15) is 0 Å². The van der Waals surface area contributed by atoms with E-state index in [-0.39, 0.29) is 11.9 Å². The maximum Gasteiger partial charge on any atom is 0.230 e. The standard InChI is InChI=1S/C19H20ClN3OS2/c1-10-12(3)26-19-17(10)18(22-13(4)23-19)25-9-16(24)21-11(2)14-6-5-7-15(20)8-14/h5-8,11H,9H2,1-4H3,(H,21,24)/t11-/m1/s1. The predicted molar refractivity (Wildman–Crippen MR) is 110 cm³/mol. The van der Waals surface area contributed by atoms with Crippen molar-refractivity contribution in [1.82, 2.24) is 15.3 Å². The maximum absolute atomic E-state index is 12.4. The lowest BCUT2D eigenvalue weighted by molar-refractivity contribution is -0.119. The monoisotopic (exact) mass is 405 g/mol. The number of carbonyl (C=O) groups is 1. The van der Waals surface area contributed by atoms with Crippen molar-refractivity contribution in [1.29, 1.82) is 0 Å². The Bertz CT molecular complexity index is 971. The van der Waals surface area contributed by atoms with Gasteiger partial charge in [-0.1, -0.05) is 35.5 Å². The number of hydrogen-bond donors (Lipinski definition) is 1. The molecule has 26 heavy (non-hydrogen) atoms. The Labute approximate surface area is 166 Å². The van der Waals surface area contributed by atoms with E-state index in [1.807, 2.05) is 38.1 Å². The van der Waals surface area contributed by atoms with Gasteiger partial charge in [0.1, 0.15) is 15.7 Å². The van der Waals surface area contributed by atoms with Crippen LogP contribution in [0.25, 0.3) is 10.2 Å². The van der Waals surface area contributed by atoms with Crippen LogP contribution in [0, 0.1) is 20.8 Å². The van der Waals surface area contributed by atoms with E-state index in [2.05, 4.69) is 29.1 Å². The largest absolute Gasteiger partial charge is 0.349 e. The number of aromatic nitrogens is 2. The van der Waals surface area contributed by atoms with Crippen molar-refractivity contribution in [2.45, 2.75) is 38.8 Å². The third kappa shape index (κ3) is 4.19. The van der Waals surface area contributed by atoms with Crippen LogP contribution < -0.4 is 5.32 Å². The minimum Gasteiger partial charge on any atom is -0.349 e. The number of nitrogens with one attached hydrogen (secondary N) is 1. The zero-order valence-electron chi connectivity index (χ0n) is 15.1. The van der Waals surface area contributed by atoms with E-state index < -0.39 is 0 Å². The number of amides is 1. The highest BCUT2D eigenvalue weighted by molar-refractivity contribution is 8.00. The SMILES string of the molecule is Cc1nc(SCC(=O)N[C@H](C)c2cccc(Cl)c2)c2c(C)c(C)sc2n1. The molecular weight excluding hydrogens is 386 g/mol. The molecule has 7 heteroatoms. The maximum atomic E-state index is 12.4. The first kappa shape index (κ1) is 19.1. The number of benzene rings is 1. The van der Waals surface area contributed by atoms with Gasteiger partial charge in [0.2, 0.25) is 5.91 Å². The molecule has 0 aliphatic carbocycles. The molecule has 4 nitrogen and oxygen atoms in total. The van der Waals surface area contributed by atoms with Gasteiger partial charge in [-0.15, -0.1) is 11.3 Å². The molecule has 136 valence electrons. The molecule has 1 atom stereocenters. The molecule has 2 heterocycles. The molecule has 0 spiro atoms. The van der Waals surface area contributed by atoms with Crippen molar-refractivity contribution in [2.75, 3.05) is 5.75 Å². The Kier molecular flexibility index (Phi) is 5.85. The Hall–Kier alpha value is -1.63. The van der Waals surface area contributed by atoms with Gasteiger partial charge in [-0.3, -0.25) is 4.79 Å². The van der Waals surface area contributed by atoms with Gasteiger partial charge in [0.05, 0.1) is 11.8 Å². The third-order valence-corrected chi connectivity index (χ3v) is 6.49. The predicted octanol–water partition coefficient (Wildman–Crippen LogP) is 5.24. The number of hydrogen-bond acceptors (Lipinski definition) is 5. The van der Waals surface area contributed by atoms with Gasteiger partial charge >= 0.3 is 0 Å². The zero-order chi connectivity index (χ0) is 18.8. The van der Waals surface area contributed by atoms with E-state index in [9.17, 15) is 4.79 Å². The average Bonchev–Trinajstić information content (AvgIpc) is 2.86. The molecule has 0 saturated heterocycles. The highest BCUT2D eigenvalue weighted by atomic mass is 35.5. The van der Waals surface area contributed by atoms with Gasteiger partial charge in [-0.05, 0) is 51.0 Å². The third-order valence-electron chi connectivity index (χ3n) is 4.17. The first-order valence-electron chi connectivity index (χ1n) is 8.27. The number of carbonyl (C=O) groups excluding carboxylic acids is 1. The molecular formula is C19H20ClN3OS2. The van der Waals surface area contributed by atoms with Crippen molar-refractivity contribution < 1.29 is 4.79 Å². The Morgan fingerprint density at radius 3 is 2.81 bits per heavy atom. The number of thiophene rings is 1. The Balaban J connectivity index is 1.71. The number of thioether (sulfide) groups is 1. The second kappa shape index (κ2) is 7.94. The van der Waals surface area contributed by atoms with Gasteiger partial charge in [-0.25, -0.2) is 9.97 Å². The smallest absolute Gasteiger partial charge is 0.230 e. The fourth-order valence-electron chi connectivity index (χ4n) is 2.70. The normalized spacial score (nSPS) is 12.3. The molecule has 2 aromatic heterocycles. The lowest BCUT2D eigenvalue weighted by Gasteiger charge is -2.14. The molecule has 3 aromatic rings. The Morgan fingerprint density at radius 2 is 2.08 bits per heavy atom. The summed E-state index contributed by atoms with van der Waals surface area (Å²) in [5.74, 6) is 1.01. The van der Waals surface area contributed by atoms with Crippen molar-refractivity contribution in [3.8, 4) is 0 Å². The average molecular weight is 406 g/mol. The number of fused-ring (bicyclic) bond motifs is 1. The zero-order valence-corrected chi connectivity index (χ0v) is 17.5. The molecule has 0 fully saturated rings. The van der Waals surface area contributed by atoms with Crippen LogP contribution in [0.1, 0.15) is 34.8 Å². The molecule has 1 amide bonds. The molecule has 0 unspecified atom stereocenters. The summed E-state index contributed by atoms with van der Waals surface area (Å²) in [5, 5.41) is 5.63. The first-order valence-corrected chi connectivity index (χ1v) is 10.4. The molecule has 0 aliphatic heterocycles. The van der Waals surface area contributed by atoms with Crippen LogP contribution in [-0.4, -0.2) is 21.6 Å². The molecule has 0 radical (unpaired) electrons. The minimum absolute atomic E-state index is 0.0310. The van der Waals surface area contributed by atoms with E-state index in [0.717, 1.165) is 26.6 Å². The highest BCUT2D eigenvalue weighted by Crippen LogP contribution is 2.35. The first-order chi connectivity index (χ1) is 12.3. The lowest BCUT2D eigenvalue weighted by atomic mass is 10.1. The van der Waals surface area contributed by atoms with Crippen LogP contribution in [-0.2, 0) is 4.79 Å². The van der Waals surface area contributed by atoms with Crippen LogP contribution in [0.4, 0.5) is 0 Å². The summed E-state index contributed by atoms with van der Waals surface area (Å²) in [4.78, 5) is 23.7. The number of nitrogens with zero attached hydrogens (tertiary/aromatic N) is 2. The number of aryl methyl sites for hydroxylation is 3. The summed E-state index contributed by atoms with van der Waals surface area (Å²) in [6, 6.07) is 7.44. The van der Waals surface area contributed by atoms with Crippen LogP contribution in [0.15, 0.2) is 29.3 Å². The quantitative estimate of drug-likeness (QED) is 0.465. The summed E-state index contributed by atoms with van der Waals surface area (Å²) in [6.45, 7) is 8.01. The summed E-state index contributed by atoms with van der Waals surface area (Å²) in [6.07, 6.45) is 0. The molecule has 1 N–H and O–H groups in total. The minimum atomic E-state index is -0.0981. The summed E-state index contributed by atoms with van der Waals surface area (Å²) >= 11 is 9.15. The molecule has 0 aliphatic rings. The fourth-order valence-corrected chi connectivity index (χ4v) is 4.98. The molecule has 0 saturated carbocycles. The van der Waals surface area contributed by atoms with Gasteiger partial charge in [0.15, 0.2) is 0 Å². The molecule has 1 aromatic carbocycles. The van der Waals surface area contributed by atoms with Crippen molar-refractivity contribution in [2.24, 2.45) is 0 Å². The van der Waals surface area contributed by atoms with Crippen LogP contribution in [0.3, 0.4) is 0 Å². The molecule has 0 bridgehead atoms. The fraction of sp³-hybridized carbons (Fsp3) is 0.316. The van der Waals surface area contributed by atoms with Crippen molar-refractivity contribution in [3.05, 3.63) is 51.1 Å². The summed E-state index contributed by atoms with van der Waals surface area (Å²) in [7, 11) is 0. The van der Waals surface area contributed by atoms with E-state index in [1.54, 1.807) is 11.3 Å².